The zero-order valence-electron chi connectivity index (χ0n) is 11.6. The second-order valence-electron chi connectivity index (χ2n) is 7.16. The standard InChI is InChI=1S/C15H30N2/c1-11-9-14(17)4-3-12(11)10-15(2)7-5-13(16)6-8-15/h11-14H,3-10,16-17H2,1-2H3. The zero-order chi connectivity index (χ0) is 12.5. The van der Waals surface area contributed by atoms with Crippen LogP contribution in [0.2, 0.25) is 0 Å². The molecule has 0 spiro atoms. The molecule has 0 bridgehead atoms. The molecule has 0 aliphatic heterocycles. The molecule has 0 radical (unpaired) electrons. The van der Waals surface area contributed by atoms with Crippen LogP contribution in [0.4, 0.5) is 0 Å². The number of hydrogen-bond acceptors (Lipinski definition) is 2. The Morgan fingerprint density at radius 2 is 1.65 bits per heavy atom. The Balaban J connectivity index is 1.87. The van der Waals surface area contributed by atoms with Gasteiger partial charge in [-0.3, -0.25) is 0 Å². The summed E-state index contributed by atoms with van der Waals surface area (Å²) in [5.74, 6) is 1.74. The normalized spacial score (nSPS) is 48.0. The summed E-state index contributed by atoms with van der Waals surface area (Å²) in [5.41, 5.74) is 12.6. The Hall–Kier alpha value is -0.0800. The Labute approximate surface area is 107 Å². The lowest BCUT2D eigenvalue weighted by atomic mass is 9.64. The largest absolute Gasteiger partial charge is 0.328 e. The maximum absolute atomic E-state index is 6.06. The molecule has 0 aromatic heterocycles. The molecule has 0 amide bonds. The third-order valence-electron chi connectivity index (χ3n) is 5.38. The lowest BCUT2D eigenvalue weighted by Gasteiger charge is -2.42. The number of hydrogen-bond donors (Lipinski definition) is 2. The van der Waals surface area contributed by atoms with Gasteiger partial charge in [0.15, 0.2) is 0 Å². The summed E-state index contributed by atoms with van der Waals surface area (Å²) >= 11 is 0. The minimum atomic E-state index is 0.467. The van der Waals surface area contributed by atoms with Crippen molar-refractivity contribution in [3.63, 3.8) is 0 Å². The fourth-order valence-corrected chi connectivity index (χ4v) is 3.98. The summed E-state index contributed by atoms with van der Waals surface area (Å²) in [4.78, 5) is 0. The highest BCUT2D eigenvalue weighted by atomic mass is 14.7. The average molecular weight is 238 g/mol. The number of nitrogens with two attached hydrogens (primary N) is 2. The Kier molecular flexibility index (Phi) is 4.14. The second-order valence-corrected chi connectivity index (χ2v) is 7.16. The van der Waals surface area contributed by atoms with Crippen LogP contribution in [0.15, 0.2) is 0 Å². The molecule has 2 heteroatoms. The average Bonchev–Trinajstić information content (AvgIpc) is 2.27. The number of rotatable bonds is 2. The lowest BCUT2D eigenvalue weighted by Crippen LogP contribution is -2.37. The van der Waals surface area contributed by atoms with E-state index in [1.54, 1.807) is 0 Å². The van der Waals surface area contributed by atoms with Crippen molar-refractivity contribution in [2.45, 2.75) is 77.3 Å². The van der Waals surface area contributed by atoms with Crippen LogP contribution in [-0.2, 0) is 0 Å². The monoisotopic (exact) mass is 238 g/mol. The fourth-order valence-electron chi connectivity index (χ4n) is 3.98. The smallest absolute Gasteiger partial charge is 0.00415 e. The van der Waals surface area contributed by atoms with Crippen LogP contribution in [0.5, 0.6) is 0 Å². The first-order chi connectivity index (χ1) is 7.98. The molecule has 100 valence electrons. The van der Waals surface area contributed by atoms with E-state index in [4.69, 9.17) is 11.5 Å². The summed E-state index contributed by atoms with van der Waals surface area (Å²) in [6.45, 7) is 4.89. The molecule has 0 aromatic rings. The second kappa shape index (κ2) is 5.27. The van der Waals surface area contributed by atoms with Gasteiger partial charge in [-0.05, 0) is 68.6 Å². The molecular formula is C15H30N2. The van der Waals surface area contributed by atoms with Gasteiger partial charge in [0.1, 0.15) is 0 Å². The van der Waals surface area contributed by atoms with E-state index in [1.807, 2.05) is 0 Å². The van der Waals surface area contributed by atoms with Crippen molar-refractivity contribution in [1.82, 2.24) is 0 Å². The summed E-state index contributed by atoms with van der Waals surface area (Å²) in [7, 11) is 0. The van der Waals surface area contributed by atoms with E-state index in [9.17, 15) is 0 Å². The molecule has 2 fully saturated rings. The minimum absolute atomic E-state index is 0.467. The molecule has 2 aliphatic rings. The first kappa shape index (κ1) is 13.4. The Morgan fingerprint density at radius 3 is 2.24 bits per heavy atom. The van der Waals surface area contributed by atoms with Gasteiger partial charge in [-0.1, -0.05) is 13.8 Å². The Bertz CT molecular complexity index is 243. The Morgan fingerprint density at radius 1 is 1.00 bits per heavy atom. The molecule has 0 saturated heterocycles. The van der Waals surface area contributed by atoms with E-state index >= 15 is 0 Å². The molecular weight excluding hydrogens is 208 g/mol. The molecule has 3 unspecified atom stereocenters. The fraction of sp³-hybridized carbons (Fsp3) is 1.00. The van der Waals surface area contributed by atoms with Crippen molar-refractivity contribution in [2.75, 3.05) is 0 Å². The lowest BCUT2D eigenvalue weighted by molar-refractivity contribution is 0.106. The minimum Gasteiger partial charge on any atom is -0.328 e. The van der Waals surface area contributed by atoms with Crippen LogP contribution in [0, 0.1) is 17.3 Å². The van der Waals surface area contributed by atoms with Gasteiger partial charge >= 0.3 is 0 Å². The predicted octanol–water partition coefficient (Wildman–Crippen LogP) is 3.05. The van der Waals surface area contributed by atoms with Gasteiger partial charge in [0, 0.05) is 12.1 Å². The SMILES string of the molecule is CC1CC(N)CCC1CC1(C)CCC(N)CC1. The van der Waals surface area contributed by atoms with Crippen LogP contribution in [0.1, 0.15) is 65.2 Å². The van der Waals surface area contributed by atoms with Gasteiger partial charge in [-0.2, -0.15) is 0 Å². The molecule has 3 atom stereocenters. The van der Waals surface area contributed by atoms with Crippen LogP contribution >= 0.6 is 0 Å². The van der Waals surface area contributed by atoms with Crippen molar-refractivity contribution >= 4 is 0 Å². The molecule has 4 N–H and O–H groups in total. The summed E-state index contributed by atoms with van der Waals surface area (Å²) in [6.07, 6.45) is 10.4. The van der Waals surface area contributed by atoms with Gasteiger partial charge in [0.05, 0.1) is 0 Å². The van der Waals surface area contributed by atoms with Gasteiger partial charge < -0.3 is 11.5 Å². The van der Waals surface area contributed by atoms with Crippen LogP contribution in [-0.4, -0.2) is 12.1 Å². The molecule has 2 saturated carbocycles. The third kappa shape index (κ3) is 3.45. The molecule has 2 aliphatic carbocycles. The molecule has 2 nitrogen and oxygen atoms in total. The zero-order valence-corrected chi connectivity index (χ0v) is 11.6. The molecule has 2 rings (SSSR count). The van der Waals surface area contributed by atoms with Crippen LogP contribution < -0.4 is 11.5 Å². The highest BCUT2D eigenvalue weighted by Gasteiger charge is 2.35. The van der Waals surface area contributed by atoms with Gasteiger partial charge in [-0.25, -0.2) is 0 Å². The maximum Gasteiger partial charge on any atom is 0.00415 e. The van der Waals surface area contributed by atoms with E-state index in [1.165, 1.54) is 51.4 Å². The molecule has 0 aromatic carbocycles. The van der Waals surface area contributed by atoms with E-state index < -0.39 is 0 Å². The topological polar surface area (TPSA) is 52.0 Å². The molecule has 17 heavy (non-hydrogen) atoms. The van der Waals surface area contributed by atoms with Crippen molar-refractivity contribution < 1.29 is 0 Å². The van der Waals surface area contributed by atoms with E-state index in [-0.39, 0.29) is 0 Å². The van der Waals surface area contributed by atoms with E-state index in [2.05, 4.69) is 13.8 Å². The van der Waals surface area contributed by atoms with Crippen LogP contribution in [0.25, 0.3) is 0 Å². The molecule has 0 heterocycles. The van der Waals surface area contributed by atoms with E-state index in [0.29, 0.717) is 17.5 Å². The van der Waals surface area contributed by atoms with Gasteiger partial charge in [0.2, 0.25) is 0 Å². The predicted molar refractivity (Wildman–Crippen MR) is 73.6 cm³/mol. The summed E-state index contributed by atoms with van der Waals surface area (Å²) < 4.78 is 0. The highest BCUT2D eigenvalue weighted by molar-refractivity contribution is 4.89. The van der Waals surface area contributed by atoms with Crippen LogP contribution in [0.3, 0.4) is 0 Å². The van der Waals surface area contributed by atoms with Gasteiger partial charge in [0.25, 0.3) is 0 Å². The third-order valence-corrected chi connectivity index (χ3v) is 5.38. The van der Waals surface area contributed by atoms with Crippen molar-refractivity contribution in [2.24, 2.45) is 28.7 Å². The summed E-state index contributed by atoms with van der Waals surface area (Å²) in [5, 5.41) is 0. The maximum atomic E-state index is 6.06. The van der Waals surface area contributed by atoms with Crippen molar-refractivity contribution in [1.29, 1.82) is 0 Å². The van der Waals surface area contributed by atoms with Crippen molar-refractivity contribution in [3.05, 3.63) is 0 Å². The van der Waals surface area contributed by atoms with E-state index in [0.717, 1.165) is 11.8 Å². The first-order valence-electron chi connectivity index (χ1n) is 7.50. The summed E-state index contributed by atoms with van der Waals surface area (Å²) in [6, 6.07) is 0.939. The van der Waals surface area contributed by atoms with Gasteiger partial charge in [-0.15, -0.1) is 0 Å². The first-order valence-corrected chi connectivity index (χ1v) is 7.50. The highest BCUT2D eigenvalue weighted by Crippen LogP contribution is 2.45. The quantitative estimate of drug-likeness (QED) is 0.777. The van der Waals surface area contributed by atoms with Crippen molar-refractivity contribution in [3.8, 4) is 0 Å².